The van der Waals surface area contributed by atoms with Crippen LogP contribution in [0.1, 0.15) is 15.9 Å². The number of ketones is 1. The van der Waals surface area contributed by atoms with Crippen molar-refractivity contribution in [1.82, 2.24) is 0 Å². The van der Waals surface area contributed by atoms with Gasteiger partial charge in [-0.05, 0) is 18.6 Å². The number of hydrogen-bond donors (Lipinski definition) is 2. The van der Waals surface area contributed by atoms with Gasteiger partial charge in [0, 0.05) is 11.8 Å². The first-order valence-electron chi connectivity index (χ1n) is 3.74. The second-order valence-corrected chi connectivity index (χ2v) is 3.35. The van der Waals surface area contributed by atoms with Crippen LogP contribution in [0.5, 0.6) is 5.75 Å². The topological polar surface area (TPSA) is 63.3 Å². The molecule has 70 valence electrons. The SMILES string of the molecule is Cc1cc(N)cc(O)c1C(=O)CBr. The molecule has 0 aliphatic rings. The molecule has 0 fully saturated rings. The van der Waals surface area contributed by atoms with E-state index in [9.17, 15) is 9.90 Å². The summed E-state index contributed by atoms with van der Waals surface area (Å²) in [6, 6.07) is 3.04. The number of benzene rings is 1. The largest absolute Gasteiger partial charge is 0.507 e. The van der Waals surface area contributed by atoms with Gasteiger partial charge in [0.2, 0.25) is 0 Å². The minimum atomic E-state index is -0.144. The highest BCUT2D eigenvalue weighted by molar-refractivity contribution is 9.09. The Bertz CT molecular complexity index is 326. The third-order valence-corrected chi connectivity index (χ3v) is 2.25. The van der Waals surface area contributed by atoms with Crippen LogP contribution >= 0.6 is 15.9 Å². The number of rotatable bonds is 2. The Balaban J connectivity index is 3.28. The van der Waals surface area contributed by atoms with E-state index < -0.39 is 0 Å². The van der Waals surface area contributed by atoms with Crippen molar-refractivity contribution in [2.45, 2.75) is 6.92 Å². The summed E-state index contributed by atoms with van der Waals surface area (Å²) in [4.78, 5) is 11.3. The van der Waals surface area contributed by atoms with Gasteiger partial charge in [-0.2, -0.15) is 0 Å². The van der Waals surface area contributed by atoms with Gasteiger partial charge in [-0.25, -0.2) is 0 Å². The molecule has 0 saturated carbocycles. The maximum Gasteiger partial charge on any atom is 0.177 e. The molecule has 1 aromatic carbocycles. The lowest BCUT2D eigenvalue weighted by Crippen LogP contribution is -2.04. The smallest absolute Gasteiger partial charge is 0.177 e. The van der Waals surface area contributed by atoms with Crippen molar-refractivity contribution in [3.63, 3.8) is 0 Å². The molecule has 0 heterocycles. The van der Waals surface area contributed by atoms with E-state index in [1.165, 1.54) is 6.07 Å². The molecule has 0 unspecified atom stereocenters. The zero-order valence-electron chi connectivity index (χ0n) is 7.17. The van der Waals surface area contributed by atoms with Crippen LogP contribution in [-0.2, 0) is 0 Å². The van der Waals surface area contributed by atoms with Crippen molar-refractivity contribution >= 4 is 27.4 Å². The number of aryl methyl sites for hydroxylation is 1. The molecule has 3 N–H and O–H groups in total. The Morgan fingerprint density at radius 2 is 2.23 bits per heavy atom. The predicted molar refractivity (Wildman–Crippen MR) is 55.4 cm³/mol. The van der Waals surface area contributed by atoms with E-state index >= 15 is 0 Å². The molecular formula is C9H10BrNO2. The Kier molecular flexibility index (Phi) is 2.93. The molecule has 0 aromatic heterocycles. The Hall–Kier alpha value is -1.03. The maximum atomic E-state index is 11.3. The van der Waals surface area contributed by atoms with Gasteiger partial charge in [0.15, 0.2) is 5.78 Å². The number of nitrogens with two attached hydrogens (primary N) is 1. The lowest BCUT2D eigenvalue weighted by atomic mass is 10.0. The Labute approximate surface area is 84.7 Å². The molecule has 0 amide bonds. The quantitative estimate of drug-likeness (QED) is 0.474. The number of hydrogen-bond acceptors (Lipinski definition) is 3. The third-order valence-electron chi connectivity index (χ3n) is 1.74. The number of nitrogen functional groups attached to an aromatic ring is 1. The fourth-order valence-corrected chi connectivity index (χ4v) is 1.51. The van der Waals surface area contributed by atoms with Gasteiger partial charge in [-0.3, -0.25) is 4.79 Å². The van der Waals surface area contributed by atoms with Gasteiger partial charge >= 0.3 is 0 Å². The summed E-state index contributed by atoms with van der Waals surface area (Å²) in [6.07, 6.45) is 0. The van der Waals surface area contributed by atoms with Gasteiger partial charge in [-0.1, -0.05) is 15.9 Å². The highest BCUT2D eigenvalue weighted by Crippen LogP contribution is 2.25. The molecule has 0 atom stereocenters. The van der Waals surface area contributed by atoms with Crippen molar-refractivity contribution < 1.29 is 9.90 Å². The second kappa shape index (κ2) is 3.79. The van der Waals surface area contributed by atoms with Crippen LogP contribution in [0.3, 0.4) is 0 Å². The zero-order valence-corrected chi connectivity index (χ0v) is 8.76. The standard InChI is InChI=1S/C9H10BrNO2/c1-5-2-6(11)3-7(12)9(5)8(13)4-10/h2-3,12H,4,11H2,1H3. The number of carbonyl (C=O) groups excluding carboxylic acids is 1. The number of phenols is 1. The number of aromatic hydroxyl groups is 1. The summed E-state index contributed by atoms with van der Waals surface area (Å²) in [7, 11) is 0. The monoisotopic (exact) mass is 243 g/mol. The van der Waals surface area contributed by atoms with Crippen molar-refractivity contribution in [3.8, 4) is 5.75 Å². The summed E-state index contributed by atoms with van der Waals surface area (Å²) < 4.78 is 0. The first kappa shape index (κ1) is 10.1. The van der Waals surface area contributed by atoms with Gasteiger partial charge in [0.1, 0.15) is 5.75 Å². The zero-order chi connectivity index (χ0) is 10.0. The van der Waals surface area contributed by atoms with Crippen molar-refractivity contribution in [2.24, 2.45) is 0 Å². The molecule has 0 aliphatic heterocycles. The summed E-state index contributed by atoms with van der Waals surface area (Å²) in [6.45, 7) is 1.74. The third kappa shape index (κ3) is 2.01. The minimum absolute atomic E-state index is 0.0537. The number of Topliss-reactive ketones (excluding diaryl/α,β-unsaturated/α-hetero) is 1. The van der Waals surface area contributed by atoms with Crippen molar-refractivity contribution in [3.05, 3.63) is 23.3 Å². The number of alkyl halides is 1. The highest BCUT2D eigenvalue weighted by Gasteiger charge is 2.13. The number of halogens is 1. The van der Waals surface area contributed by atoms with Crippen molar-refractivity contribution in [2.75, 3.05) is 11.1 Å². The molecule has 0 radical (unpaired) electrons. The van der Waals surface area contributed by atoms with E-state index in [1.807, 2.05) is 0 Å². The number of phenolic OH excluding ortho intramolecular Hbond substituents is 1. The van der Waals surface area contributed by atoms with E-state index in [-0.39, 0.29) is 16.9 Å². The molecule has 1 rings (SSSR count). The van der Waals surface area contributed by atoms with E-state index in [0.29, 0.717) is 16.8 Å². The molecular weight excluding hydrogens is 234 g/mol. The molecule has 1 aromatic rings. The average Bonchev–Trinajstić information content (AvgIpc) is 2.02. The predicted octanol–water partition coefficient (Wildman–Crippen LogP) is 1.86. The molecule has 0 saturated heterocycles. The van der Waals surface area contributed by atoms with Crippen LogP contribution in [0.4, 0.5) is 5.69 Å². The molecule has 0 aliphatic carbocycles. The first-order chi connectivity index (χ1) is 6.06. The van der Waals surface area contributed by atoms with Gasteiger partial charge < -0.3 is 10.8 Å². The van der Waals surface area contributed by atoms with Crippen LogP contribution in [0.25, 0.3) is 0 Å². The van der Waals surface area contributed by atoms with Crippen LogP contribution in [0.15, 0.2) is 12.1 Å². The van der Waals surface area contributed by atoms with E-state index in [1.54, 1.807) is 13.0 Å². The Morgan fingerprint density at radius 1 is 1.62 bits per heavy atom. The van der Waals surface area contributed by atoms with Gasteiger partial charge in [0.25, 0.3) is 0 Å². The molecule has 4 heteroatoms. The highest BCUT2D eigenvalue weighted by atomic mass is 79.9. The minimum Gasteiger partial charge on any atom is -0.507 e. The summed E-state index contributed by atoms with van der Waals surface area (Å²) >= 11 is 3.05. The van der Waals surface area contributed by atoms with E-state index in [2.05, 4.69) is 15.9 Å². The maximum absolute atomic E-state index is 11.3. The fourth-order valence-electron chi connectivity index (χ4n) is 1.23. The van der Waals surface area contributed by atoms with Crippen LogP contribution in [0.2, 0.25) is 0 Å². The summed E-state index contributed by atoms with van der Waals surface area (Å²) in [5.41, 5.74) is 6.98. The van der Waals surface area contributed by atoms with Crippen LogP contribution in [0, 0.1) is 6.92 Å². The molecule has 13 heavy (non-hydrogen) atoms. The van der Waals surface area contributed by atoms with E-state index in [4.69, 9.17) is 5.73 Å². The lowest BCUT2D eigenvalue weighted by Gasteiger charge is -2.06. The number of carbonyl (C=O) groups is 1. The van der Waals surface area contributed by atoms with Gasteiger partial charge in [0.05, 0.1) is 10.9 Å². The van der Waals surface area contributed by atoms with Gasteiger partial charge in [-0.15, -0.1) is 0 Å². The molecule has 0 bridgehead atoms. The summed E-state index contributed by atoms with van der Waals surface area (Å²) in [5.74, 6) is -0.197. The van der Waals surface area contributed by atoms with Crippen LogP contribution in [-0.4, -0.2) is 16.2 Å². The first-order valence-corrected chi connectivity index (χ1v) is 4.86. The lowest BCUT2D eigenvalue weighted by molar-refractivity contribution is 0.102. The second-order valence-electron chi connectivity index (χ2n) is 2.79. The van der Waals surface area contributed by atoms with Crippen LogP contribution < -0.4 is 5.73 Å². The average molecular weight is 244 g/mol. The fraction of sp³-hybridized carbons (Fsp3) is 0.222. The normalized spacial score (nSPS) is 10.0. The Morgan fingerprint density at radius 3 is 2.69 bits per heavy atom. The molecule has 3 nitrogen and oxygen atoms in total. The summed E-state index contributed by atoms with van der Waals surface area (Å²) in [5, 5.41) is 9.65. The number of anilines is 1. The van der Waals surface area contributed by atoms with E-state index in [0.717, 1.165) is 0 Å². The van der Waals surface area contributed by atoms with Crippen molar-refractivity contribution in [1.29, 1.82) is 0 Å². The molecule has 0 spiro atoms.